The quantitative estimate of drug-likeness (QED) is 0.170. The van der Waals surface area contributed by atoms with Crippen LogP contribution < -0.4 is 17.2 Å². The van der Waals surface area contributed by atoms with E-state index in [2.05, 4.69) is 4.99 Å². The number of carbonyl (C=O) groups is 1. The molecule has 0 bridgehead atoms. The Balaban J connectivity index is 3.22. The monoisotopic (exact) mass is 324 g/mol. The molecule has 0 aromatic heterocycles. The number of aliphatic imine (C=N–C) groups is 1. The van der Waals surface area contributed by atoms with Gasteiger partial charge >= 0.3 is 5.97 Å². The molecule has 128 valence electrons. The number of ether oxygens (including phenoxy) is 1. The molecule has 0 aliphatic carbocycles. The van der Waals surface area contributed by atoms with Gasteiger partial charge in [0, 0.05) is 0 Å². The van der Waals surface area contributed by atoms with Crippen LogP contribution in [0.5, 0.6) is 0 Å². The molecule has 1 saturated heterocycles. The number of aliphatic hydroxyl groups is 5. The van der Waals surface area contributed by atoms with Crippen molar-refractivity contribution in [3.05, 3.63) is 0 Å². The molecule has 7 atom stereocenters. The van der Waals surface area contributed by atoms with Crippen molar-refractivity contribution in [2.24, 2.45) is 22.2 Å². The Labute approximate surface area is 124 Å². The van der Waals surface area contributed by atoms with E-state index in [9.17, 15) is 25.2 Å². The van der Waals surface area contributed by atoms with E-state index < -0.39 is 60.8 Å². The molecule has 0 amide bonds. The molecule has 1 aliphatic rings. The van der Waals surface area contributed by atoms with Crippen LogP contribution in [0, 0.1) is 0 Å². The van der Waals surface area contributed by atoms with E-state index in [0.29, 0.717) is 0 Å². The summed E-state index contributed by atoms with van der Waals surface area (Å²) in [4.78, 5) is 14.7. The zero-order chi connectivity index (χ0) is 17.2. The third kappa shape index (κ3) is 3.27. The average molecular weight is 324 g/mol. The van der Waals surface area contributed by atoms with E-state index in [1.54, 1.807) is 0 Å². The van der Waals surface area contributed by atoms with Crippen LogP contribution in [0.15, 0.2) is 4.99 Å². The Kier molecular flexibility index (Phi) is 5.64. The normalized spacial score (nSPS) is 38.1. The molecule has 22 heavy (non-hydrogen) atoms. The molecule has 2 unspecified atom stereocenters. The molecule has 0 aromatic rings. The minimum Gasteiger partial charge on any atom is -0.477 e. The van der Waals surface area contributed by atoms with Crippen molar-refractivity contribution >= 4 is 11.9 Å². The highest BCUT2D eigenvalue weighted by Gasteiger charge is 2.59. The fourth-order valence-corrected chi connectivity index (χ4v) is 2.12. The lowest BCUT2D eigenvalue weighted by Gasteiger charge is -2.46. The lowest BCUT2D eigenvalue weighted by molar-refractivity contribution is -0.299. The maximum Gasteiger partial charge on any atom is 0.366 e. The Morgan fingerprint density at radius 2 is 1.91 bits per heavy atom. The van der Waals surface area contributed by atoms with Gasteiger partial charge in [0.05, 0.1) is 12.6 Å². The highest BCUT2D eigenvalue weighted by atomic mass is 16.7. The average Bonchev–Trinajstić information content (AvgIpc) is 2.45. The second-order valence-corrected chi connectivity index (χ2v) is 4.89. The van der Waals surface area contributed by atoms with Crippen molar-refractivity contribution in [1.29, 1.82) is 0 Å². The van der Waals surface area contributed by atoms with Crippen LogP contribution in [0.2, 0.25) is 0 Å². The summed E-state index contributed by atoms with van der Waals surface area (Å²) < 4.78 is 4.85. The summed E-state index contributed by atoms with van der Waals surface area (Å²) in [6, 6.07) is -3.32. The van der Waals surface area contributed by atoms with Gasteiger partial charge in [0.25, 0.3) is 5.79 Å². The zero-order valence-electron chi connectivity index (χ0n) is 11.4. The topological polar surface area (TPSA) is 238 Å². The van der Waals surface area contributed by atoms with Crippen LogP contribution in [0.1, 0.15) is 0 Å². The molecule has 1 rings (SSSR count). The van der Waals surface area contributed by atoms with Gasteiger partial charge in [-0.2, -0.15) is 0 Å². The number of hydrogen-bond donors (Lipinski definition) is 9. The highest BCUT2D eigenvalue weighted by Crippen LogP contribution is 2.32. The number of guanidine groups is 1. The summed E-state index contributed by atoms with van der Waals surface area (Å²) in [6.45, 7) is -0.882. The fraction of sp³-hybridized carbons (Fsp3) is 0.800. The van der Waals surface area contributed by atoms with Crippen molar-refractivity contribution in [2.45, 2.75) is 42.3 Å². The maximum atomic E-state index is 11.3. The summed E-state index contributed by atoms with van der Waals surface area (Å²) in [5.74, 6) is -5.67. The van der Waals surface area contributed by atoms with E-state index in [4.69, 9.17) is 32.2 Å². The predicted octanol–water partition coefficient (Wildman–Crippen LogP) is -5.80. The Hall–Kier alpha value is -1.54. The number of carboxylic acids is 1. The molecular formula is C10H20N4O8. The smallest absolute Gasteiger partial charge is 0.366 e. The van der Waals surface area contributed by atoms with Gasteiger partial charge in [-0.1, -0.05) is 0 Å². The lowest BCUT2D eigenvalue weighted by Crippen LogP contribution is -2.72. The van der Waals surface area contributed by atoms with E-state index in [-0.39, 0.29) is 0 Å². The van der Waals surface area contributed by atoms with Crippen LogP contribution in [0.25, 0.3) is 0 Å². The first-order valence-corrected chi connectivity index (χ1v) is 6.19. The Morgan fingerprint density at radius 3 is 2.32 bits per heavy atom. The van der Waals surface area contributed by atoms with Gasteiger partial charge in [-0.3, -0.25) is 0 Å². The summed E-state index contributed by atoms with van der Waals surface area (Å²) in [5.41, 5.74) is 15.8. The molecule has 12 N–H and O–H groups in total. The molecule has 0 radical (unpaired) electrons. The maximum absolute atomic E-state index is 11.3. The van der Waals surface area contributed by atoms with Gasteiger partial charge in [-0.05, 0) is 0 Å². The minimum absolute atomic E-state index is 0.631. The lowest BCUT2D eigenvalue weighted by atomic mass is 9.86. The molecule has 0 spiro atoms. The van der Waals surface area contributed by atoms with Crippen LogP contribution >= 0.6 is 0 Å². The summed E-state index contributed by atoms with van der Waals surface area (Å²) in [7, 11) is 0. The molecule has 1 aliphatic heterocycles. The third-order valence-corrected chi connectivity index (χ3v) is 3.33. The number of hydrogen-bond acceptors (Lipinski definition) is 9. The largest absolute Gasteiger partial charge is 0.477 e. The number of carboxylic acid groups (broad SMARTS) is 1. The summed E-state index contributed by atoms with van der Waals surface area (Å²) >= 11 is 0. The van der Waals surface area contributed by atoms with Gasteiger partial charge in [0.1, 0.15) is 30.5 Å². The number of aliphatic hydroxyl groups excluding tert-OH is 4. The number of aliphatic carboxylic acids is 1. The van der Waals surface area contributed by atoms with Crippen LogP contribution in [0.4, 0.5) is 0 Å². The second-order valence-electron chi connectivity index (χ2n) is 4.89. The summed E-state index contributed by atoms with van der Waals surface area (Å²) in [6.07, 6.45) is -7.13. The highest BCUT2D eigenvalue weighted by molar-refractivity contribution is 5.80. The summed E-state index contributed by atoms with van der Waals surface area (Å²) in [5, 5.41) is 57.2. The first-order chi connectivity index (χ1) is 10.1. The second kappa shape index (κ2) is 6.70. The van der Waals surface area contributed by atoms with E-state index >= 15 is 0 Å². The fourth-order valence-electron chi connectivity index (χ4n) is 2.12. The molecule has 1 heterocycles. The Morgan fingerprint density at radius 1 is 1.36 bits per heavy atom. The molecule has 0 aromatic carbocycles. The SMILES string of the molecule is NC(N)=NC1[C@H](O)[C@@H](N)[C@H]([C@H](O)[C@H](O)CO)OC1(O)C(=O)O. The van der Waals surface area contributed by atoms with Crippen molar-refractivity contribution in [3.63, 3.8) is 0 Å². The first kappa shape index (κ1) is 18.5. The van der Waals surface area contributed by atoms with E-state index in [1.165, 1.54) is 0 Å². The van der Waals surface area contributed by atoms with Crippen molar-refractivity contribution in [3.8, 4) is 0 Å². The van der Waals surface area contributed by atoms with E-state index in [0.717, 1.165) is 0 Å². The number of nitrogens with zero attached hydrogens (tertiary/aromatic N) is 1. The Bertz CT molecular complexity index is 445. The van der Waals surface area contributed by atoms with Crippen molar-refractivity contribution in [2.75, 3.05) is 6.61 Å². The standard InChI is InChI=1S/C10H20N4O8/c11-3-5(18)7(14-9(12)13)10(21,8(19)20)22-6(3)4(17)2(16)1-15/h2-7,15-18,21H,1,11H2,(H,19,20)(H4,12,13,14)/t2-,3-,4-,5-,6-,7?,10?/m1/s1. The van der Waals surface area contributed by atoms with Crippen LogP contribution in [-0.4, -0.2) is 91.5 Å². The first-order valence-electron chi connectivity index (χ1n) is 6.19. The predicted molar refractivity (Wildman–Crippen MR) is 70.1 cm³/mol. The molecule has 1 fully saturated rings. The number of rotatable bonds is 5. The minimum atomic E-state index is -3.10. The molecule has 12 heteroatoms. The van der Waals surface area contributed by atoms with Crippen LogP contribution in [0.3, 0.4) is 0 Å². The molecule has 12 nitrogen and oxygen atoms in total. The van der Waals surface area contributed by atoms with Crippen LogP contribution in [-0.2, 0) is 9.53 Å². The van der Waals surface area contributed by atoms with Crippen molar-refractivity contribution in [1.82, 2.24) is 0 Å². The number of nitrogens with two attached hydrogens (primary N) is 3. The van der Waals surface area contributed by atoms with Gasteiger partial charge in [-0.15, -0.1) is 0 Å². The van der Waals surface area contributed by atoms with Gasteiger partial charge in [-0.25, -0.2) is 9.79 Å². The van der Waals surface area contributed by atoms with Gasteiger partial charge < -0.3 is 52.6 Å². The third-order valence-electron chi connectivity index (χ3n) is 3.33. The molecule has 0 saturated carbocycles. The zero-order valence-corrected chi connectivity index (χ0v) is 11.4. The van der Waals surface area contributed by atoms with Gasteiger partial charge in [0.15, 0.2) is 5.96 Å². The van der Waals surface area contributed by atoms with Gasteiger partial charge in [0.2, 0.25) is 0 Å². The van der Waals surface area contributed by atoms with E-state index in [1.807, 2.05) is 0 Å². The molecular weight excluding hydrogens is 304 g/mol. The van der Waals surface area contributed by atoms with Crippen molar-refractivity contribution < 1.29 is 40.2 Å².